The topological polar surface area (TPSA) is 112 Å². The Morgan fingerprint density at radius 3 is 2.51 bits per heavy atom. The third-order valence-corrected chi connectivity index (χ3v) is 7.21. The summed E-state index contributed by atoms with van der Waals surface area (Å²) in [6.07, 6.45) is 0.444. The van der Waals surface area contributed by atoms with Crippen LogP contribution in [0.5, 0.6) is 17.2 Å². The molecule has 0 bridgehead atoms. The Kier molecular flexibility index (Phi) is 9.12. The molecule has 0 fully saturated rings. The molecule has 9 nitrogen and oxygen atoms in total. The van der Waals surface area contributed by atoms with Crippen molar-refractivity contribution in [1.82, 2.24) is 9.66 Å². The number of hydrogen-bond acceptors (Lipinski definition) is 7. The summed E-state index contributed by atoms with van der Waals surface area (Å²) in [5.74, 6) is 0.838. The molecular weight excluding hydrogens is 590 g/mol. The number of rotatable bonds is 10. The highest BCUT2D eigenvalue weighted by atomic mass is 79.9. The van der Waals surface area contributed by atoms with Gasteiger partial charge in [-0.2, -0.15) is 9.78 Å². The summed E-state index contributed by atoms with van der Waals surface area (Å²) in [4.78, 5) is 29.9. The third-order valence-electron chi connectivity index (χ3n) is 6.52. The Morgan fingerprint density at radius 2 is 1.85 bits per heavy atom. The Hall–Kier alpha value is -4.18. The summed E-state index contributed by atoms with van der Waals surface area (Å²) < 4.78 is 18.7. The first-order chi connectivity index (χ1) is 19.5. The standard InChI is InChI=1S/C31H32BrN3O6/c1-7-40-26-12-18(4)23(14-22(26)17(2)3)29-34-25-11-9-8-10-21(25)30(36)35(29)33-16-20-13-27(39-6)28(15-24(20)32)41-19(5)31(37)38/h8-17,19H,7H2,1-6H3,(H,37,38)/t19-/m0/s1. The number of para-hydroxylation sites is 1. The Morgan fingerprint density at radius 1 is 1.12 bits per heavy atom. The van der Waals surface area contributed by atoms with Crippen molar-refractivity contribution < 1.29 is 24.1 Å². The van der Waals surface area contributed by atoms with Crippen LogP contribution in [0.15, 0.2) is 62.9 Å². The van der Waals surface area contributed by atoms with Crippen LogP contribution in [0.4, 0.5) is 0 Å². The van der Waals surface area contributed by atoms with Gasteiger partial charge in [-0.1, -0.05) is 26.0 Å². The highest BCUT2D eigenvalue weighted by Crippen LogP contribution is 2.35. The summed E-state index contributed by atoms with van der Waals surface area (Å²) in [5, 5.41) is 14.3. The highest BCUT2D eigenvalue weighted by Gasteiger charge is 2.20. The lowest BCUT2D eigenvalue weighted by Crippen LogP contribution is -2.23. The molecule has 41 heavy (non-hydrogen) atoms. The van der Waals surface area contributed by atoms with E-state index in [-0.39, 0.29) is 17.2 Å². The zero-order valence-electron chi connectivity index (χ0n) is 23.8. The average molecular weight is 623 g/mol. The van der Waals surface area contributed by atoms with Crippen molar-refractivity contribution in [2.24, 2.45) is 5.10 Å². The normalized spacial score (nSPS) is 12.2. The lowest BCUT2D eigenvalue weighted by atomic mass is 9.96. The molecule has 4 aromatic rings. The highest BCUT2D eigenvalue weighted by molar-refractivity contribution is 9.10. The van der Waals surface area contributed by atoms with Crippen LogP contribution < -0.4 is 19.8 Å². The van der Waals surface area contributed by atoms with Crippen LogP contribution >= 0.6 is 15.9 Å². The number of carbonyl (C=O) groups is 1. The van der Waals surface area contributed by atoms with E-state index in [0.717, 1.165) is 22.4 Å². The summed E-state index contributed by atoms with van der Waals surface area (Å²) >= 11 is 3.50. The number of halogens is 1. The van der Waals surface area contributed by atoms with Crippen molar-refractivity contribution in [3.05, 3.63) is 80.0 Å². The van der Waals surface area contributed by atoms with Gasteiger partial charge in [0.2, 0.25) is 0 Å². The molecule has 0 radical (unpaired) electrons. The number of benzene rings is 3. The van der Waals surface area contributed by atoms with E-state index in [1.165, 1.54) is 24.9 Å². The monoisotopic (exact) mass is 621 g/mol. The zero-order valence-corrected chi connectivity index (χ0v) is 25.4. The van der Waals surface area contributed by atoms with E-state index >= 15 is 0 Å². The molecular formula is C31H32BrN3O6. The van der Waals surface area contributed by atoms with Gasteiger partial charge in [-0.05, 0) is 90.1 Å². The SMILES string of the molecule is CCOc1cc(C)c(-c2nc3ccccc3c(=O)n2N=Cc2cc(OC)c(O[C@@H](C)C(=O)O)cc2Br)cc1C(C)C. The fraction of sp³-hybridized carbons (Fsp3) is 0.290. The fourth-order valence-electron chi connectivity index (χ4n) is 4.34. The molecule has 1 heterocycles. The molecule has 0 unspecified atom stereocenters. The van der Waals surface area contributed by atoms with Crippen LogP contribution in [0.2, 0.25) is 0 Å². The molecule has 0 spiro atoms. The molecule has 0 saturated heterocycles. The number of carboxylic acid groups (broad SMARTS) is 1. The van der Waals surface area contributed by atoms with E-state index in [1.807, 2.05) is 32.0 Å². The lowest BCUT2D eigenvalue weighted by molar-refractivity contribution is -0.144. The largest absolute Gasteiger partial charge is 0.494 e. The van der Waals surface area contributed by atoms with Gasteiger partial charge in [-0.25, -0.2) is 9.78 Å². The minimum atomic E-state index is -1.10. The molecule has 0 aliphatic carbocycles. The number of aryl methyl sites for hydroxylation is 1. The molecule has 1 atom stereocenters. The van der Waals surface area contributed by atoms with Gasteiger partial charge >= 0.3 is 5.97 Å². The van der Waals surface area contributed by atoms with Gasteiger partial charge in [0.1, 0.15) is 5.75 Å². The van der Waals surface area contributed by atoms with Crippen molar-refractivity contribution >= 4 is 39.0 Å². The number of aliphatic carboxylic acids is 1. The second-order valence-corrected chi connectivity index (χ2v) is 10.6. The van der Waals surface area contributed by atoms with E-state index < -0.39 is 12.1 Å². The van der Waals surface area contributed by atoms with Gasteiger partial charge in [0.25, 0.3) is 5.56 Å². The van der Waals surface area contributed by atoms with Crippen LogP contribution in [-0.2, 0) is 4.79 Å². The summed E-state index contributed by atoms with van der Waals surface area (Å²) in [6, 6.07) is 14.4. The van der Waals surface area contributed by atoms with E-state index in [9.17, 15) is 14.7 Å². The zero-order chi connectivity index (χ0) is 29.8. The molecule has 0 aliphatic heterocycles. The van der Waals surface area contributed by atoms with Crippen molar-refractivity contribution in [1.29, 1.82) is 0 Å². The molecule has 1 N–H and O–H groups in total. The fourth-order valence-corrected chi connectivity index (χ4v) is 4.76. The van der Waals surface area contributed by atoms with E-state index in [4.69, 9.17) is 19.2 Å². The van der Waals surface area contributed by atoms with Crippen LogP contribution in [0, 0.1) is 6.92 Å². The smallest absolute Gasteiger partial charge is 0.344 e. The first-order valence-corrected chi connectivity index (χ1v) is 14.0. The van der Waals surface area contributed by atoms with Gasteiger partial charge in [-0.15, -0.1) is 0 Å². The number of nitrogens with zero attached hydrogens (tertiary/aromatic N) is 3. The van der Waals surface area contributed by atoms with Crippen LogP contribution in [0.1, 0.15) is 50.3 Å². The summed E-state index contributed by atoms with van der Waals surface area (Å²) in [7, 11) is 1.46. The van der Waals surface area contributed by atoms with Crippen LogP contribution in [0.25, 0.3) is 22.3 Å². The maximum Gasteiger partial charge on any atom is 0.344 e. The first-order valence-electron chi connectivity index (χ1n) is 13.2. The Labute approximate surface area is 246 Å². The summed E-state index contributed by atoms with van der Waals surface area (Å²) in [6.45, 7) is 10.0. The molecule has 4 rings (SSSR count). The Bertz CT molecular complexity index is 1700. The molecule has 0 amide bonds. The van der Waals surface area contributed by atoms with Gasteiger partial charge in [0.05, 0.1) is 30.8 Å². The van der Waals surface area contributed by atoms with Gasteiger partial charge in [0.15, 0.2) is 23.4 Å². The first kappa shape index (κ1) is 29.8. The molecule has 1 aromatic heterocycles. The predicted molar refractivity (Wildman–Crippen MR) is 163 cm³/mol. The number of aromatic nitrogens is 2. The van der Waals surface area contributed by atoms with Gasteiger partial charge in [0, 0.05) is 15.6 Å². The average Bonchev–Trinajstić information content (AvgIpc) is 2.93. The van der Waals surface area contributed by atoms with Crippen molar-refractivity contribution in [2.45, 2.75) is 46.6 Å². The molecule has 0 aliphatic rings. The number of methoxy groups -OCH3 is 1. The van der Waals surface area contributed by atoms with Crippen LogP contribution in [0.3, 0.4) is 0 Å². The van der Waals surface area contributed by atoms with Crippen molar-refractivity contribution in [3.8, 4) is 28.6 Å². The van der Waals surface area contributed by atoms with E-state index in [2.05, 4.69) is 34.9 Å². The molecule has 3 aromatic carbocycles. The van der Waals surface area contributed by atoms with Gasteiger partial charge in [-0.3, -0.25) is 4.79 Å². The van der Waals surface area contributed by atoms with Gasteiger partial charge < -0.3 is 19.3 Å². The van der Waals surface area contributed by atoms with Crippen molar-refractivity contribution in [3.63, 3.8) is 0 Å². The lowest BCUT2D eigenvalue weighted by Gasteiger charge is -2.18. The maximum atomic E-state index is 13.8. The van der Waals surface area contributed by atoms with E-state index in [1.54, 1.807) is 30.3 Å². The minimum absolute atomic E-state index is 0.174. The van der Waals surface area contributed by atoms with Crippen molar-refractivity contribution in [2.75, 3.05) is 13.7 Å². The quantitative estimate of drug-likeness (QED) is 0.204. The van der Waals surface area contributed by atoms with Crippen LogP contribution in [-0.4, -0.2) is 46.8 Å². The maximum absolute atomic E-state index is 13.8. The molecule has 214 valence electrons. The number of ether oxygens (including phenoxy) is 3. The molecule has 10 heteroatoms. The second-order valence-electron chi connectivity index (χ2n) is 9.73. The number of carboxylic acids is 1. The second kappa shape index (κ2) is 12.6. The minimum Gasteiger partial charge on any atom is -0.494 e. The number of fused-ring (bicyclic) bond motifs is 1. The Balaban J connectivity index is 1.90. The number of hydrogen-bond donors (Lipinski definition) is 1. The molecule has 0 saturated carbocycles. The predicted octanol–water partition coefficient (Wildman–Crippen LogP) is 6.40. The van der Waals surface area contributed by atoms with E-state index in [0.29, 0.717) is 39.1 Å². The summed E-state index contributed by atoms with van der Waals surface area (Å²) in [5.41, 5.74) is 3.48. The third kappa shape index (κ3) is 6.27.